The number of carbonyl (C=O) groups excluding carboxylic acids is 1. The number of amidine groups is 1. The van der Waals surface area contributed by atoms with Crippen LogP contribution in [0.1, 0.15) is 5.56 Å². The number of methoxy groups -OCH3 is 1. The third kappa shape index (κ3) is 2.31. The van der Waals surface area contributed by atoms with Crippen LogP contribution < -0.4 is 4.74 Å². The third-order valence-corrected chi connectivity index (χ3v) is 3.32. The van der Waals surface area contributed by atoms with Gasteiger partial charge in [-0.2, -0.15) is 0 Å². The molecule has 2 aliphatic rings. The molecule has 21 heavy (non-hydrogen) atoms. The van der Waals surface area contributed by atoms with E-state index in [1.54, 1.807) is 18.1 Å². The highest BCUT2D eigenvalue weighted by molar-refractivity contribution is 6.40. The maximum atomic E-state index is 11.5. The van der Waals surface area contributed by atoms with Crippen LogP contribution in [-0.2, 0) is 16.1 Å². The summed E-state index contributed by atoms with van der Waals surface area (Å²) in [4.78, 5) is 28.5. The Hall–Kier alpha value is -2.89. The second-order valence-corrected chi connectivity index (χ2v) is 4.64. The van der Waals surface area contributed by atoms with E-state index in [-0.39, 0.29) is 5.57 Å². The van der Waals surface area contributed by atoms with Crippen molar-refractivity contribution in [3.8, 4) is 5.75 Å². The van der Waals surface area contributed by atoms with Gasteiger partial charge in [-0.1, -0.05) is 0 Å². The topological polar surface area (TPSA) is 79.2 Å². The molecule has 0 aromatic heterocycles. The number of rotatable bonds is 3. The first-order chi connectivity index (χ1) is 10.1. The van der Waals surface area contributed by atoms with E-state index in [2.05, 4.69) is 4.99 Å². The Labute approximate surface area is 120 Å². The minimum Gasteiger partial charge on any atom is -0.497 e. The number of ether oxygens (including phenoxy) is 1. The molecule has 0 bridgehead atoms. The van der Waals surface area contributed by atoms with Crippen molar-refractivity contribution in [3.05, 3.63) is 47.7 Å². The summed E-state index contributed by atoms with van der Waals surface area (Å²) in [5, 5.41) is 8.77. The largest absolute Gasteiger partial charge is 0.497 e. The standard InChI is InChI=1S/C15H12N2O4/c1-21-11-3-4-12-10(6-11)8-17-7-9(14(18)15(19)20)2-5-13(17)16-12/h2-7H,8H2,1H3,(H,19,20). The lowest BCUT2D eigenvalue weighted by Gasteiger charge is -2.28. The number of carboxylic acids is 1. The number of ketones is 1. The summed E-state index contributed by atoms with van der Waals surface area (Å²) in [6.07, 6.45) is 4.63. The fourth-order valence-electron chi connectivity index (χ4n) is 2.25. The van der Waals surface area contributed by atoms with E-state index in [0.29, 0.717) is 12.4 Å². The molecular weight excluding hydrogens is 272 g/mol. The first-order valence-electron chi connectivity index (χ1n) is 6.28. The smallest absolute Gasteiger partial charge is 0.377 e. The molecule has 0 radical (unpaired) electrons. The van der Waals surface area contributed by atoms with Crippen molar-refractivity contribution in [2.24, 2.45) is 4.99 Å². The zero-order valence-electron chi connectivity index (χ0n) is 11.2. The molecule has 6 heteroatoms. The molecule has 2 heterocycles. The van der Waals surface area contributed by atoms with E-state index >= 15 is 0 Å². The molecule has 0 saturated heterocycles. The second kappa shape index (κ2) is 4.90. The SMILES string of the molecule is COc1ccc2c(c1)CN1C=C(C(=O)C(=O)O)C=CC1=N2. The van der Waals surface area contributed by atoms with Gasteiger partial charge < -0.3 is 14.7 Å². The Morgan fingerprint density at radius 1 is 1.33 bits per heavy atom. The zero-order valence-corrected chi connectivity index (χ0v) is 11.2. The summed E-state index contributed by atoms with van der Waals surface area (Å²) in [5.41, 5.74) is 1.92. The number of Topliss-reactive ketones (excluding diaryl/α,β-unsaturated/α-hetero) is 1. The number of aliphatic carboxylic acids is 1. The number of carboxylic acid groups (broad SMARTS) is 1. The summed E-state index contributed by atoms with van der Waals surface area (Å²) < 4.78 is 5.18. The number of hydrogen-bond acceptors (Lipinski definition) is 5. The molecule has 6 nitrogen and oxygen atoms in total. The average molecular weight is 284 g/mol. The zero-order chi connectivity index (χ0) is 15.0. The van der Waals surface area contributed by atoms with Crippen LogP contribution in [-0.4, -0.2) is 34.7 Å². The monoisotopic (exact) mass is 284 g/mol. The number of fused-ring (bicyclic) bond motifs is 2. The Morgan fingerprint density at radius 3 is 2.86 bits per heavy atom. The van der Waals surface area contributed by atoms with Gasteiger partial charge in [0.05, 0.1) is 19.3 Å². The van der Waals surface area contributed by atoms with Gasteiger partial charge in [0.25, 0.3) is 5.78 Å². The normalized spacial score (nSPS) is 15.6. The lowest BCUT2D eigenvalue weighted by molar-refractivity contribution is -0.147. The molecule has 0 atom stereocenters. The Bertz CT molecular complexity index is 731. The maximum Gasteiger partial charge on any atom is 0.377 e. The molecule has 0 amide bonds. The fourth-order valence-corrected chi connectivity index (χ4v) is 2.25. The predicted octanol–water partition coefficient (Wildman–Crippen LogP) is 1.65. The lowest BCUT2D eigenvalue weighted by Crippen LogP contribution is -2.30. The highest BCUT2D eigenvalue weighted by Gasteiger charge is 2.24. The average Bonchev–Trinajstić information content (AvgIpc) is 2.50. The van der Waals surface area contributed by atoms with Crippen LogP contribution in [0.15, 0.2) is 47.1 Å². The molecule has 0 saturated carbocycles. The van der Waals surface area contributed by atoms with Crippen LogP contribution in [0.3, 0.4) is 0 Å². The van der Waals surface area contributed by atoms with Crippen molar-refractivity contribution in [1.29, 1.82) is 0 Å². The van der Waals surface area contributed by atoms with Crippen LogP contribution in [0.2, 0.25) is 0 Å². The van der Waals surface area contributed by atoms with E-state index in [1.807, 2.05) is 18.2 Å². The van der Waals surface area contributed by atoms with Gasteiger partial charge in [0.1, 0.15) is 11.6 Å². The van der Waals surface area contributed by atoms with Gasteiger partial charge in [-0.3, -0.25) is 4.79 Å². The van der Waals surface area contributed by atoms with E-state index in [9.17, 15) is 9.59 Å². The number of allylic oxidation sites excluding steroid dienone is 1. The van der Waals surface area contributed by atoms with E-state index in [1.165, 1.54) is 12.3 Å². The molecule has 0 spiro atoms. The molecule has 3 rings (SSSR count). The summed E-state index contributed by atoms with van der Waals surface area (Å²) in [6.45, 7) is 0.506. The molecular formula is C15H12N2O4. The quantitative estimate of drug-likeness (QED) is 0.854. The Kier molecular flexibility index (Phi) is 3.06. The number of hydrogen-bond donors (Lipinski definition) is 1. The first kappa shape index (κ1) is 13.1. The number of carbonyl (C=O) groups is 2. The second-order valence-electron chi connectivity index (χ2n) is 4.64. The minimum atomic E-state index is -1.47. The van der Waals surface area contributed by atoms with Crippen molar-refractivity contribution in [3.63, 3.8) is 0 Å². The minimum absolute atomic E-state index is 0.132. The van der Waals surface area contributed by atoms with Gasteiger partial charge >= 0.3 is 5.97 Å². The van der Waals surface area contributed by atoms with Gasteiger partial charge in [-0.25, -0.2) is 9.79 Å². The third-order valence-electron chi connectivity index (χ3n) is 3.32. The highest BCUT2D eigenvalue weighted by atomic mass is 16.5. The molecule has 0 unspecified atom stereocenters. The number of benzene rings is 1. The van der Waals surface area contributed by atoms with Crippen LogP contribution in [0.5, 0.6) is 5.75 Å². The van der Waals surface area contributed by atoms with Crippen molar-refractivity contribution in [1.82, 2.24) is 4.90 Å². The van der Waals surface area contributed by atoms with E-state index in [4.69, 9.17) is 9.84 Å². The van der Waals surface area contributed by atoms with E-state index < -0.39 is 11.8 Å². The first-order valence-corrected chi connectivity index (χ1v) is 6.28. The van der Waals surface area contributed by atoms with Crippen molar-refractivity contribution in [2.45, 2.75) is 6.54 Å². The van der Waals surface area contributed by atoms with Gasteiger partial charge in [0.15, 0.2) is 0 Å². The van der Waals surface area contributed by atoms with Crippen LogP contribution in [0, 0.1) is 0 Å². The fraction of sp³-hybridized carbons (Fsp3) is 0.133. The molecule has 106 valence electrons. The Balaban J connectivity index is 1.96. The van der Waals surface area contributed by atoms with Crippen LogP contribution in [0.25, 0.3) is 0 Å². The van der Waals surface area contributed by atoms with E-state index in [0.717, 1.165) is 17.0 Å². The van der Waals surface area contributed by atoms with Crippen LogP contribution in [0.4, 0.5) is 5.69 Å². The predicted molar refractivity (Wildman–Crippen MR) is 75.5 cm³/mol. The summed E-state index contributed by atoms with van der Waals surface area (Å²) >= 11 is 0. The summed E-state index contributed by atoms with van der Waals surface area (Å²) in [7, 11) is 1.59. The molecule has 0 aliphatic carbocycles. The van der Waals surface area contributed by atoms with Crippen LogP contribution >= 0.6 is 0 Å². The molecule has 1 N–H and O–H groups in total. The van der Waals surface area contributed by atoms with Crippen molar-refractivity contribution >= 4 is 23.3 Å². The van der Waals surface area contributed by atoms with Crippen molar-refractivity contribution < 1.29 is 19.4 Å². The highest BCUT2D eigenvalue weighted by Crippen LogP contribution is 2.31. The Morgan fingerprint density at radius 2 is 2.14 bits per heavy atom. The molecule has 2 aliphatic heterocycles. The molecule has 1 aromatic rings. The maximum absolute atomic E-state index is 11.5. The lowest BCUT2D eigenvalue weighted by atomic mass is 10.1. The number of nitrogens with zero attached hydrogens (tertiary/aromatic N) is 2. The van der Waals surface area contributed by atoms with Gasteiger partial charge in [0.2, 0.25) is 0 Å². The van der Waals surface area contributed by atoms with Gasteiger partial charge in [0, 0.05) is 17.3 Å². The molecule has 0 fully saturated rings. The van der Waals surface area contributed by atoms with Gasteiger partial charge in [-0.15, -0.1) is 0 Å². The molecule has 1 aromatic carbocycles. The van der Waals surface area contributed by atoms with Crippen molar-refractivity contribution in [2.75, 3.05) is 7.11 Å². The van der Waals surface area contributed by atoms with Gasteiger partial charge in [-0.05, 0) is 30.4 Å². The summed E-state index contributed by atoms with van der Waals surface area (Å²) in [6, 6.07) is 5.58. The number of aliphatic imine (C=N–C) groups is 1. The summed E-state index contributed by atoms with van der Waals surface area (Å²) in [5.74, 6) is -0.993.